The Hall–Kier alpha value is -1.59. The van der Waals surface area contributed by atoms with E-state index in [4.69, 9.17) is 23.2 Å². The van der Waals surface area contributed by atoms with Gasteiger partial charge in [-0.2, -0.15) is 0 Å². The highest BCUT2D eigenvalue weighted by Gasteiger charge is 2.58. The van der Waals surface area contributed by atoms with Gasteiger partial charge in [-0.3, -0.25) is 4.79 Å². The van der Waals surface area contributed by atoms with Crippen molar-refractivity contribution in [2.45, 2.75) is 76.2 Å². The Morgan fingerprint density at radius 2 is 1.97 bits per heavy atom. The van der Waals surface area contributed by atoms with Crippen molar-refractivity contribution in [3.05, 3.63) is 63.6 Å². The summed E-state index contributed by atoms with van der Waals surface area (Å²) < 4.78 is 0. The summed E-state index contributed by atoms with van der Waals surface area (Å²) in [5, 5.41) is 13.9. The van der Waals surface area contributed by atoms with Crippen LogP contribution in [0.4, 0.5) is 5.69 Å². The maximum absolute atomic E-state index is 13.1. The standard InChI is InChI=1S/C31H40Cl2N2O2/c1-21-5-4-7-24(13-21)31-10-8-23(14-25(31)19-31)22(6-2-3-11-35-12-9-29(36)20-35)15-30(37)34-28-17-26(32)16-27(33)18-28/h4-5,7,13,16-18,22-23,25,29,36H,2-3,6,8-12,14-15,19-20H2,1H3,(H,34,37)/t22?,23-,25?,29-,31-/m1/s1. The molecule has 0 spiro atoms. The van der Waals surface area contributed by atoms with Crippen molar-refractivity contribution in [2.24, 2.45) is 17.8 Å². The molecule has 3 fully saturated rings. The number of benzene rings is 2. The van der Waals surface area contributed by atoms with Gasteiger partial charge in [0.1, 0.15) is 0 Å². The van der Waals surface area contributed by atoms with Crippen LogP contribution in [0.15, 0.2) is 42.5 Å². The first-order valence-corrected chi connectivity index (χ1v) is 14.8. The molecule has 0 radical (unpaired) electrons. The number of aryl methyl sites for hydroxylation is 1. The number of fused-ring (bicyclic) bond motifs is 1. The SMILES string of the molecule is Cc1cccc([C@]23CC[C@@H](C(CCCCN4CC[C@@H](O)C4)CC(=O)Nc4cc(Cl)cc(Cl)c4)CC2C3)c1. The summed E-state index contributed by atoms with van der Waals surface area (Å²) in [7, 11) is 0. The van der Waals surface area contributed by atoms with E-state index in [1.807, 2.05) is 0 Å². The molecule has 200 valence electrons. The topological polar surface area (TPSA) is 52.6 Å². The summed E-state index contributed by atoms with van der Waals surface area (Å²) >= 11 is 12.3. The monoisotopic (exact) mass is 542 g/mol. The number of hydrogen-bond donors (Lipinski definition) is 2. The van der Waals surface area contributed by atoms with E-state index in [1.165, 1.54) is 36.8 Å². The fourth-order valence-corrected chi connectivity index (χ4v) is 7.67. The highest BCUT2D eigenvalue weighted by molar-refractivity contribution is 6.35. The van der Waals surface area contributed by atoms with Crippen LogP contribution in [0, 0.1) is 24.7 Å². The molecule has 0 aromatic heterocycles. The molecule has 1 saturated heterocycles. The lowest BCUT2D eigenvalue weighted by Crippen LogP contribution is -2.28. The van der Waals surface area contributed by atoms with Gasteiger partial charge in [-0.05, 0) is 105 Å². The smallest absolute Gasteiger partial charge is 0.224 e. The number of carbonyl (C=O) groups excluding carboxylic acids is 1. The largest absolute Gasteiger partial charge is 0.392 e. The number of nitrogens with one attached hydrogen (secondary N) is 1. The van der Waals surface area contributed by atoms with E-state index in [9.17, 15) is 9.90 Å². The second-order valence-corrected chi connectivity index (χ2v) is 12.7. The zero-order valence-electron chi connectivity index (χ0n) is 21.9. The van der Waals surface area contributed by atoms with E-state index in [0.29, 0.717) is 39.4 Å². The number of likely N-dealkylation sites (tertiary alicyclic amines) is 1. The molecule has 1 aliphatic heterocycles. The number of hydrogen-bond acceptors (Lipinski definition) is 3. The van der Waals surface area contributed by atoms with Crippen molar-refractivity contribution in [1.29, 1.82) is 0 Å². The van der Waals surface area contributed by atoms with Crippen LogP contribution in [-0.2, 0) is 10.2 Å². The third-order valence-electron chi connectivity index (χ3n) is 9.18. The zero-order valence-corrected chi connectivity index (χ0v) is 23.4. The first kappa shape index (κ1) is 27.0. The van der Waals surface area contributed by atoms with Crippen LogP contribution in [0.25, 0.3) is 0 Å². The number of nitrogens with zero attached hydrogens (tertiary/aromatic N) is 1. The van der Waals surface area contributed by atoms with Crippen LogP contribution >= 0.6 is 23.2 Å². The molecule has 0 bridgehead atoms. The van der Waals surface area contributed by atoms with Crippen LogP contribution in [0.5, 0.6) is 0 Å². The quantitative estimate of drug-likeness (QED) is 0.311. The van der Waals surface area contributed by atoms with Crippen LogP contribution in [0.2, 0.25) is 10.0 Å². The fraction of sp³-hybridized carbons (Fsp3) is 0.581. The number of aliphatic hydroxyl groups excluding tert-OH is 1. The van der Waals surface area contributed by atoms with Gasteiger partial charge < -0.3 is 15.3 Å². The summed E-state index contributed by atoms with van der Waals surface area (Å²) in [5.74, 6) is 1.77. The lowest BCUT2D eigenvalue weighted by molar-refractivity contribution is -0.117. The van der Waals surface area contributed by atoms with Crippen molar-refractivity contribution in [2.75, 3.05) is 25.0 Å². The maximum atomic E-state index is 13.1. The normalized spacial score (nSPS) is 28.1. The molecule has 1 heterocycles. The molecule has 2 N–H and O–H groups in total. The Labute approximate surface area is 231 Å². The minimum atomic E-state index is -0.161. The number of halogens is 2. The van der Waals surface area contributed by atoms with Crippen molar-refractivity contribution in [3.8, 4) is 0 Å². The molecular formula is C31H40Cl2N2O2. The maximum Gasteiger partial charge on any atom is 0.224 e. The van der Waals surface area contributed by atoms with Crippen LogP contribution in [0.1, 0.15) is 68.9 Å². The van der Waals surface area contributed by atoms with E-state index >= 15 is 0 Å². The van der Waals surface area contributed by atoms with E-state index in [2.05, 4.69) is 41.4 Å². The van der Waals surface area contributed by atoms with Crippen LogP contribution < -0.4 is 5.32 Å². The molecule has 2 saturated carbocycles. The van der Waals surface area contributed by atoms with E-state index < -0.39 is 0 Å². The van der Waals surface area contributed by atoms with Crippen molar-refractivity contribution < 1.29 is 9.90 Å². The minimum absolute atomic E-state index is 0.0531. The first-order chi connectivity index (χ1) is 17.8. The van der Waals surface area contributed by atoms with Gasteiger partial charge in [0.05, 0.1) is 6.10 Å². The third kappa shape index (κ3) is 6.71. The number of aliphatic hydroxyl groups is 1. The fourth-order valence-electron chi connectivity index (χ4n) is 7.14. The molecule has 2 aromatic rings. The molecule has 3 aliphatic rings. The molecule has 6 heteroatoms. The number of amides is 1. The molecular weight excluding hydrogens is 503 g/mol. The second-order valence-electron chi connectivity index (χ2n) is 11.9. The van der Waals surface area contributed by atoms with Gasteiger partial charge in [-0.25, -0.2) is 0 Å². The van der Waals surface area contributed by atoms with Gasteiger partial charge in [0, 0.05) is 35.2 Å². The number of rotatable bonds is 10. The van der Waals surface area contributed by atoms with Crippen LogP contribution in [0.3, 0.4) is 0 Å². The summed E-state index contributed by atoms with van der Waals surface area (Å²) in [6, 6.07) is 14.3. The zero-order chi connectivity index (χ0) is 26.0. The summed E-state index contributed by atoms with van der Waals surface area (Å²) in [4.78, 5) is 15.5. The molecule has 37 heavy (non-hydrogen) atoms. The molecule has 5 rings (SSSR count). The number of carbonyl (C=O) groups is 1. The average molecular weight is 544 g/mol. The lowest BCUT2D eigenvalue weighted by atomic mass is 9.71. The van der Waals surface area contributed by atoms with E-state index in [1.54, 1.807) is 18.2 Å². The Morgan fingerprint density at radius 1 is 1.16 bits per heavy atom. The predicted octanol–water partition coefficient (Wildman–Crippen LogP) is 7.24. The molecule has 2 unspecified atom stereocenters. The van der Waals surface area contributed by atoms with E-state index in [-0.39, 0.29) is 12.0 Å². The Bertz CT molecular complexity index is 1090. The second kappa shape index (κ2) is 11.7. The first-order valence-electron chi connectivity index (χ1n) is 14.0. The third-order valence-corrected chi connectivity index (χ3v) is 9.62. The molecule has 1 amide bonds. The molecule has 4 nitrogen and oxygen atoms in total. The van der Waals surface area contributed by atoms with Crippen LogP contribution in [-0.4, -0.2) is 41.7 Å². The highest BCUT2D eigenvalue weighted by Crippen LogP contribution is 2.64. The van der Waals surface area contributed by atoms with E-state index in [0.717, 1.165) is 51.2 Å². The number of anilines is 1. The van der Waals surface area contributed by atoms with Gasteiger partial charge in [0.25, 0.3) is 0 Å². The van der Waals surface area contributed by atoms with Crippen molar-refractivity contribution in [3.63, 3.8) is 0 Å². The Balaban J connectivity index is 1.20. The highest BCUT2D eigenvalue weighted by atomic mass is 35.5. The molecule has 2 aliphatic carbocycles. The minimum Gasteiger partial charge on any atom is -0.392 e. The summed E-state index contributed by atoms with van der Waals surface area (Å²) in [5.41, 5.74) is 3.92. The molecule has 2 aromatic carbocycles. The number of unbranched alkanes of at least 4 members (excludes halogenated alkanes) is 1. The van der Waals surface area contributed by atoms with Crippen molar-refractivity contribution >= 4 is 34.8 Å². The predicted molar refractivity (Wildman–Crippen MR) is 152 cm³/mol. The number of β-amino-alcohol motifs (C(OH)–C–C–N with tert-alkyl or cyclic N) is 1. The van der Waals surface area contributed by atoms with Gasteiger partial charge >= 0.3 is 0 Å². The van der Waals surface area contributed by atoms with Gasteiger partial charge in [0.2, 0.25) is 5.91 Å². The Morgan fingerprint density at radius 3 is 2.68 bits per heavy atom. The van der Waals surface area contributed by atoms with Gasteiger partial charge in [-0.1, -0.05) is 59.5 Å². The van der Waals surface area contributed by atoms with Crippen molar-refractivity contribution in [1.82, 2.24) is 4.90 Å². The summed E-state index contributed by atoms with van der Waals surface area (Å²) in [6.45, 7) is 5.04. The van der Waals surface area contributed by atoms with Gasteiger partial charge in [0.15, 0.2) is 0 Å². The average Bonchev–Trinajstić information content (AvgIpc) is 3.45. The molecule has 5 atom stereocenters. The van der Waals surface area contributed by atoms with Gasteiger partial charge in [-0.15, -0.1) is 0 Å². The summed E-state index contributed by atoms with van der Waals surface area (Å²) in [6.07, 6.45) is 9.56. The lowest BCUT2D eigenvalue weighted by Gasteiger charge is -2.34. The Kier molecular flexibility index (Phi) is 8.50.